The van der Waals surface area contributed by atoms with Crippen LogP contribution in [0, 0.1) is 0 Å². The van der Waals surface area contributed by atoms with E-state index in [9.17, 15) is 14.4 Å². The molecule has 0 bridgehead atoms. The van der Waals surface area contributed by atoms with Crippen molar-refractivity contribution in [1.82, 2.24) is 0 Å². The number of anilines is 1. The van der Waals surface area contributed by atoms with Gasteiger partial charge in [0.2, 0.25) is 5.76 Å². The summed E-state index contributed by atoms with van der Waals surface area (Å²) in [5.41, 5.74) is 3.29. The first kappa shape index (κ1) is 20.6. The van der Waals surface area contributed by atoms with Crippen LogP contribution in [-0.2, 0) is 16.0 Å². The summed E-state index contributed by atoms with van der Waals surface area (Å²) < 4.78 is 11.0. The molecular weight excluding hydrogens is 394 g/mol. The fourth-order valence-electron chi connectivity index (χ4n) is 3.84. The Hall–Kier alpha value is -3.67. The molecule has 0 aliphatic carbocycles. The SMILES string of the molecule is CC(=O)c1ccc(-c2ccc(C(=O)O[C@H](C)C(=O)N3c4ccccc4C[C@H]3C)o2)cc1. The number of carbonyl (C=O) groups excluding carboxylic acids is 3. The molecule has 158 valence electrons. The lowest BCUT2D eigenvalue weighted by molar-refractivity contribution is -0.126. The van der Waals surface area contributed by atoms with Gasteiger partial charge in [-0.25, -0.2) is 4.79 Å². The Bertz CT molecular complexity index is 1140. The van der Waals surface area contributed by atoms with Crippen LogP contribution in [0.3, 0.4) is 0 Å². The number of esters is 1. The molecule has 2 heterocycles. The highest BCUT2D eigenvalue weighted by Gasteiger charge is 2.34. The fourth-order valence-corrected chi connectivity index (χ4v) is 3.84. The maximum Gasteiger partial charge on any atom is 0.375 e. The summed E-state index contributed by atoms with van der Waals surface area (Å²) in [6.07, 6.45) is -0.184. The summed E-state index contributed by atoms with van der Waals surface area (Å²) >= 11 is 0. The van der Waals surface area contributed by atoms with Crippen molar-refractivity contribution >= 4 is 23.3 Å². The molecule has 6 nitrogen and oxygen atoms in total. The van der Waals surface area contributed by atoms with Crippen LogP contribution in [0.25, 0.3) is 11.3 Å². The van der Waals surface area contributed by atoms with Gasteiger partial charge >= 0.3 is 5.97 Å². The third-order valence-corrected chi connectivity index (χ3v) is 5.46. The van der Waals surface area contributed by atoms with Gasteiger partial charge in [0, 0.05) is 22.9 Å². The van der Waals surface area contributed by atoms with Gasteiger partial charge in [0.1, 0.15) is 5.76 Å². The number of Topliss-reactive ketones (excluding diaryl/α,β-unsaturated/α-hetero) is 1. The maximum atomic E-state index is 13.0. The molecule has 1 aromatic heterocycles. The van der Waals surface area contributed by atoms with Crippen molar-refractivity contribution in [3.8, 4) is 11.3 Å². The Morgan fingerprint density at radius 1 is 1.03 bits per heavy atom. The van der Waals surface area contributed by atoms with Gasteiger partial charge in [0.05, 0.1) is 0 Å². The van der Waals surface area contributed by atoms with Crippen LogP contribution in [0.2, 0.25) is 0 Å². The first-order valence-corrected chi connectivity index (χ1v) is 10.2. The lowest BCUT2D eigenvalue weighted by Gasteiger charge is -2.25. The number of benzene rings is 2. The molecule has 0 saturated heterocycles. The van der Waals surface area contributed by atoms with E-state index in [-0.39, 0.29) is 23.5 Å². The molecule has 0 N–H and O–H groups in total. The number of amides is 1. The Labute approximate surface area is 180 Å². The van der Waals surface area contributed by atoms with Crippen LogP contribution in [0.15, 0.2) is 65.1 Å². The number of para-hydroxylation sites is 1. The maximum absolute atomic E-state index is 13.0. The van der Waals surface area contributed by atoms with Crippen LogP contribution in [0.1, 0.15) is 47.2 Å². The average molecular weight is 417 g/mol. The van der Waals surface area contributed by atoms with Crippen LogP contribution in [0.4, 0.5) is 5.69 Å². The van der Waals surface area contributed by atoms with Gasteiger partial charge in [-0.3, -0.25) is 9.59 Å². The van der Waals surface area contributed by atoms with Crippen molar-refractivity contribution in [2.75, 3.05) is 4.90 Å². The summed E-state index contributed by atoms with van der Waals surface area (Å²) in [6.45, 7) is 5.04. The van der Waals surface area contributed by atoms with Crippen molar-refractivity contribution in [3.63, 3.8) is 0 Å². The minimum atomic E-state index is -0.954. The van der Waals surface area contributed by atoms with Gasteiger partial charge in [-0.05, 0) is 51.0 Å². The van der Waals surface area contributed by atoms with E-state index in [0.29, 0.717) is 11.3 Å². The van der Waals surface area contributed by atoms with Gasteiger partial charge in [0.25, 0.3) is 5.91 Å². The van der Waals surface area contributed by atoms with Gasteiger partial charge in [-0.2, -0.15) is 0 Å². The second-order valence-electron chi connectivity index (χ2n) is 7.74. The molecule has 3 aromatic rings. The summed E-state index contributed by atoms with van der Waals surface area (Å²) in [5, 5.41) is 0. The third kappa shape index (κ3) is 4.01. The van der Waals surface area contributed by atoms with E-state index in [2.05, 4.69) is 0 Å². The largest absolute Gasteiger partial charge is 0.449 e. The van der Waals surface area contributed by atoms with Crippen LogP contribution in [-0.4, -0.2) is 29.8 Å². The van der Waals surface area contributed by atoms with E-state index in [0.717, 1.165) is 23.2 Å². The van der Waals surface area contributed by atoms with Crippen LogP contribution < -0.4 is 4.90 Å². The Kier molecular flexibility index (Phi) is 5.46. The number of ketones is 1. The number of ether oxygens (including phenoxy) is 1. The smallest absolute Gasteiger partial charge is 0.375 e. The monoisotopic (exact) mass is 417 g/mol. The van der Waals surface area contributed by atoms with E-state index in [1.165, 1.54) is 13.0 Å². The average Bonchev–Trinajstić information content (AvgIpc) is 3.37. The number of furan rings is 1. The molecule has 0 spiro atoms. The number of fused-ring (bicyclic) bond motifs is 1. The molecule has 1 aliphatic heterocycles. The predicted molar refractivity (Wildman–Crippen MR) is 116 cm³/mol. The molecule has 1 amide bonds. The second kappa shape index (κ2) is 8.22. The summed E-state index contributed by atoms with van der Waals surface area (Å²) in [6, 6.07) is 17.8. The summed E-state index contributed by atoms with van der Waals surface area (Å²) in [7, 11) is 0. The molecule has 0 radical (unpaired) electrons. The van der Waals surface area contributed by atoms with Gasteiger partial charge in [-0.15, -0.1) is 0 Å². The Morgan fingerprint density at radius 3 is 2.45 bits per heavy atom. The van der Waals surface area contributed by atoms with E-state index >= 15 is 0 Å². The quantitative estimate of drug-likeness (QED) is 0.445. The second-order valence-corrected chi connectivity index (χ2v) is 7.74. The molecular formula is C25H23NO5. The third-order valence-electron chi connectivity index (χ3n) is 5.46. The van der Waals surface area contributed by atoms with E-state index in [4.69, 9.17) is 9.15 Å². The minimum absolute atomic E-state index is 0.000702. The molecule has 6 heteroatoms. The molecule has 1 aliphatic rings. The van der Waals surface area contributed by atoms with Crippen LogP contribution >= 0.6 is 0 Å². The van der Waals surface area contributed by atoms with E-state index in [1.807, 2.05) is 31.2 Å². The first-order valence-electron chi connectivity index (χ1n) is 10.2. The normalized spacial score (nSPS) is 16.0. The Morgan fingerprint density at radius 2 is 1.74 bits per heavy atom. The predicted octanol–water partition coefficient (Wildman–Crippen LogP) is 4.67. The lowest BCUT2D eigenvalue weighted by Crippen LogP contribution is -2.43. The van der Waals surface area contributed by atoms with Crippen molar-refractivity contribution < 1.29 is 23.5 Å². The van der Waals surface area contributed by atoms with E-state index < -0.39 is 12.1 Å². The molecule has 31 heavy (non-hydrogen) atoms. The highest BCUT2D eigenvalue weighted by molar-refractivity contribution is 6.00. The zero-order chi connectivity index (χ0) is 22.1. The minimum Gasteiger partial charge on any atom is -0.449 e. The first-order chi connectivity index (χ1) is 14.8. The number of carbonyl (C=O) groups is 3. The van der Waals surface area contributed by atoms with Crippen molar-refractivity contribution in [2.45, 2.75) is 39.3 Å². The number of hydrogen-bond donors (Lipinski definition) is 0. The zero-order valence-electron chi connectivity index (χ0n) is 17.6. The molecule has 2 aromatic carbocycles. The molecule has 2 atom stereocenters. The van der Waals surface area contributed by atoms with Gasteiger partial charge < -0.3 is 14.1 Å². The number of hydrogen-bond acceptors (Lipinski definition) is 5. The number of nitrogens with zero attached hydrogens (tertiary/aromatic N) is 1. The van der Waals surface area contributed by atoms with Crippen LogP contribution in [0.5, 0.6) is 0 Å². The highest BCUT2D eigenvalue weighted by Crippen LogP contribution is 2.32. The molecule has 4 rings (SSSR count). The van der Waals surface area contributed by atoms with Gasteiger partial charge in [-0.1, -0.05) is 42.5 Å². The van der Waals surface area contributed by atoms with Gasteiger partial charge in [0.15, 0.2) is 11.9 Å². The van der Waals surface area contributed by atoms with Crippen molar-refractivity contribution in [2.24, 2.45) is 0 Å². The Balaban J connectivity index is 1.45. The van der Waals surface area contributed by atoms with Crippen molar-refractivity contribution in [1.29, 1.82) is 0 Å². The molecule has 0 fully saturated rings. The zero-order valence-corrected chi connectivity index (χ0v) is 17.6. The molecule has 0 unspecified atom stereocenters. The van der Waals surface area contributed by atoms with Crippen molar-refractivity contribution in [3.05, 3.63) is 77.6 Å². The standard InChI is InChI=1S/C25H23NO5/c1-15-14-20-6-4-5-7-21(20)26(15)24(28)17(3)30-25(29)23-13-12-22(31-23)19-10-8-18(9-11-19)16(2)27/h4-13,15,17H,14H2,1-3H3/t15-,17-/m1/s1. The lowest BCUT2D eigenvalue weighted by atomic mass is 10.1. The van der Waals surface area contributed by atoms with E-state index in [1.54, 1.807) is 42.2 Å². The summed E-state index contributed by atoms with van der Waals surface area (Å²) in [5.74, 6) is -0.503. The number of rotatable bonds is 5. The summed E-state index contributed by atoms with van der Waals surface area (Å²) in [4.78, 5) is 38.7. The molecule has 0 saturated carbocycles. The fraction of sp³-hybridized carbons (Fsp3) is 0.240. The highest BCUT2D eigenvalue weighted by atomic mass is 16.6. The topological polar surface area (TPSA) is 76.8 Å².